The average Bonchev–Trinajstić information content (AvgIpc) is 2.83. The highest BCUT2D eigenvalue weighted by Gasteiger charge is 2.23. The Balaban J connectivity index is 1.51. The minimum Gasteiger partial charge on any atom is -0.497 e. The van der Waals surface area contributed by atoms with Crippen molar-refractivity contribution in [3.8, 4) is 22.6 Å². The number of methoxy groups -OCH3 is 2. The highest BCUT2D eigenvalue weighted by molar-refractivity contribution is 5.72. The molecule has 3 aromatic carbocycles. The molecule has 4 rings (SSSR count). The summed E-state index contributed by atoms with van der Waals surface area (Å²) < 4.78 is 30.7. The van der Waals surface area contributed by atoms with Gasteiger partial charge in [0.2, 0.25) is 0 Å². The average molecular weight is 435 g/mol. The van der Waals surface area contributed by atoms with Gasteiger partial charge in [-0.15, -0.1) is 0 Å². The number of aryl methyl sites for hydroxylation is 1. The zero-order valence-electron chi connectivity index (χ0n) is 18.6. The van der Waals surface area contributed by atoms with Gasteiger partial charge in [0.1, 0.15) is 23.4 Å². The molecule has 1 aliphatic heterocycles. The molecule has 0 spiro atoms. The lowest BCUT2D eigenvalue weighted by Crippen LogP contribution is -2.17. The molecule has 166 valence electrons. The third-order valence-electron chi connectivity index (χ3n) is 5.99. The molecule has 32 heavy (non-hydrogen) atoms. The van der Waals surface area contributed by atoms with Crippen LogP contribution in [0.1, 0.15) is 36.1 Å². The summed E-state index contributed by atoms with van der Waals surface area (Å²) >= 11 is 0. The largest absolute Gasteiger partial charge is 0.497 e. The molecule has 5 heteroatoms. The van der Waals surface area contributed by atoms with Crippen LogP contribution < -0.4 is 9.47 Å². The van der Waals surface area contributed by atoms with Crippen molar-refractivity contribution < 1.29 is 23.4 Å². The molecule has 0 bridgehead atoms. The quantitative estimate of drug-likeness (QED) is 0.452. The third kappa shape index (κ3) is 4.62. The molecule has 0 aromatic heterocycles. The second-order valence-corrected chi connectivity index (χ2v) is 8.18. The molecule has 0 radical (unpaired) electrons. The van der Waals surface area contributed by atoms with Crippen LogP contribution in [0.25, 0.3) is 11.1 Å². The number of benzene rings is 3. The van der Waals surface area contributed by atoms with Gasteiger partial charge >= 0.3 is 5.97 Å². The first-order valence-electron chi connectivity index (χ1n) is 10.8. The minimum atomic E-state index is -0.282. The van der Waals surface area contributed by atoms with E-state index in [1.807, 2.05) is 37.3 Å². The van der Waals surface area contributed by atoms with E-state index >= 15 is 0 Å². The first kappa shape index (κ1) is 21.9. The van der Waals surface area contributed by atoms with E-state index in [1.54, 1.807) is 19.2 Å². The molecular formula is C27H27FO4. The van der Waals surface area contributed by atoms with Gasteiger partial charge < -0.3 is 14.2 Å². The van der Waals surface area contributed by atoms with E-state index in [-0.39, 0.29) is 23.8 Å². The molecular weight excluding hydrogens is 407 g/mol. The van der Waals surface area contributed by atoms with Gasteiger partial charge in [0.15, 0.2) is 0 Å². The fourth-order valence-corrected chi connectivity index (χ4v) is 4.14. The Labute approximate surface area is 187 Å². The SMILES string of the molecule is COC(=O)C(C)Cc1ccc2c(c1)OC(c1ccc(-c3cc(OC)ccc3F)cc1)CC2. The predicted octanol–water partition coefficient (Wildman–Crippen LogP) is 5.92. The topological polar surface area (TPSA) is 44.8 Å². The van der Waals surface area contributed by atoms with Gasteiger partial charge in [0.25, 0.3) is 0 Å². The van der Waals surface area contributed by atoms with Gasteiger partial charge in [-0.05, 0) is 65.8 Å². The van der Waals surface area contributed by atoms with Crippen molar-refractivity contribution in [3.63, 3.8) is 0 Å². The van der Waals surface area contributed by atoms with E-state index in [1.165, 1.54) is 18.7 Å². The lowest BCUT2D eigenvalue weighted by molar-refractivity contribution is -0.144. The molecule has 0 saturated carbocycles. The maximum Gasteiger partial charge on any atom is 0.308 e. The third-order valence-corrected chi connectivity index (χ3v) is 5.99. The van der Waals surface area contributed by atoms with E-state index in [9.17, 15) is 9.18 Å². The maximum absolute atomic E-state index is 14.3. The first-order chi connectivity index (χ1) is 15.5. The fourth-order valence-electron chi connectivity index (χ4n) is 4.14. The monoisotopic (exact) mass is 434 g/mol. The summed E-state index contributed by atoms with van der Waals surface area (Å²) in [4.78, 5) is 11.7. The van der Waals surface area contributed by atoms with Crippen LogP contribution in [0.5, 0.6) is 11.5 Å². The Bertz CT molecular complexity index is 1110. The normalized spacial score (nSPS) is 15.9. The summed E-state index contributed by atoms with van der Waals surface area (Å²) in [6.07, 6.45) is 2.33. The second-order valence-electron chi connectivity index (χ2n) is 8.18. The highest BCUT2D eigenvalue weighted by Crippen LogP contribution is 2.37. The molecule has 0 amide bonds. The summed E-state index contributed by atoms with van der Waals surface area (Å²) in [5, 5.41) is 0. The number of carbonyl (C=O) groups excluding carboxylic acids is 1. The van der Waals surface area contributed by atoms with Crippen molar-refractivity contribution in [2.75, 3.05) is 14.2 Å². The molecule has 3 aromatic rings. The number of esters is 1. The Morgan fingerprint density at radius 2 is 1.88 bits per heavy atom. The van der Waals surface area contributed by atoms with Crippen LogP contribution >= 0.6 is 0 Å². The van der Waals surface area contributed by atoms with Crippen LogP contribution in [0.3, 0.4) is 0 Å². The van der Waals surface area contributed by atoms with Gasteiger partial charge in [-0.3, -0.25) is 4.79 Å². The fraction of sp³-hybridized carbons (Fsp3) is 0.296. The van der Waals surface area contributed by atoms with Crippen LogP contribution in [0.15, 0.2) is 60.7 Å². The summed E-state index contributed by atoms with van der Waals surface area (Å²) in [7, 11) is 2.98. The molecule has 0 aliphatic carbocycles. The van der Waals surface area contributed by atoms with E-state index in [2.05, 4.69) is 12.1 Å². The highest BCUT2D eigenvalue weighted by atomic mass is 19.1. The Morgan fingerprint density at radius 1 is 1.09 bits per heavy atom. The molecule has 1 aliphatic rings. The van der Waals surface area contributed by atoms with Crippen molar-refractivity contribution in [3.05, 3.63) is 83.2 Å². The number of carbonyl (C=O) groups is 1. The van der Waals surface area contributed by atoms with E-state index in [0.717, 1.165) is 35.3 Å². The van der Waals surface area contributed by atoms with Crippen LogP contribution in [0.2, 0.25) is 0 Å². The Morgan fingerprint density at radius 3 is 2.59 bits per heavy atom. The predicted molar refractivity (Wildman–Crippen MR) is 121 cm³/mol. The zero-order valence-corrected chi connectivity index (χ0v) is 18.6. The lowest BCUT2D eigenvalue weighted by atomic mass is 9.93. The van der Waals surface area contributed by atoms with E-state index in [0.29, 0.717) is 17.7 Å². The smallest absolute Gasteiger partial charge is 0.308 e. The molecule has 0 saturated heterocycles. The number of rotatable bonds is 6. The molecule has 1 heterocycles. The van der Waals surface area contributed by atoms with Crippen molar-refractivity contribution >= 4 is 5.97 Å². The standard InChI is InChI=1S/C27H27FO4/c1-17(27(29)31-3)14-18-4-5-21-10-13-25(32-26(21)15-18)20-8-6-19(7-9-20)23-16-22(30-2)11-12-24(23)28/h4-9,11-12,15-17,25H,10,13-14H2,1-3H3. The van der Waals surface area contributed by atoms with Crippen LogP contribution in [0, 0.1) is 11.7 Å². The van der Waals surface area contributed by atoms with E-state index in [4.69, 9.17) is 14.2 Å². The number of fused-ring (bicyclic) bond motifs is 1. The van der Waals surface area contributed by atoms with Crippen LogP contribution in [-0.4, -0.2) is 20.2 Å². The van der Waals surface area contributed by atoms with Gasteiger partial charge in [-0.25, -0.2) is 4.39 Å². The van der Waals surface area contributed by atoms with Gasteiger partial charge in [-0.2, -0.15) is 0 Å². The second kappa shape index (κ2) is 9.43. The molecule has 2 atom stereocenters. The van der Waals surface area contributed by atoms with E-state index < -0.39 is 0 Å². The minimum absolute atomic E-state index is 0.0695. The number of hydrogen-bond donors (Lipinski definition) is 0. The molecule has 2 unspecified atom stereocenters. The number of ether oxygens (including phenoxy) is 3. The zero-order chi connectivity index (χ0) is 22.7. The van der Waals surface area contributed by atoms with Crippen LogP contribution in [-0.2, 0) is 22.4 Å². The molecule has 0 fully saturated rings. The summed E-state index contributed by atoms with van der Waals surface area (Å²) in [5.74, 6) is 0.778. The van der Waals surface area contributed by atoms with Crippen molar-refractivity contribution in [2.45, 2.75) is 32.3 Å². The molecule has 4 nitrogen and oxygen atoms in total. The number of halogens is 1. The van der Waals surface area contributed by atoms with Crippen molar-refractivity contribution in [1.82, 2.24) is 0 Å². The Hall–Kier alpha value is -3.34. The van der Waals surface area contributed by atoms with Crippen LogP contribution in [0.4, 0.5) is 4.39 Å². The molecule has 0 N–H and O–H groups in total. The van der Waals surface area contributed by atoms with Crippen molar-refractivity contribution in [2.24, 2.45) is 5.92 Å². The first-order valence-corrected chi connectivity index (χ1v) is 10.8. The summed E-state index contributed by atoms with van der Waals surface area (Å²) in [5.41, 5.74) is 4.57. The van der Waals surface area contributed by atoms with Gasteiger partial charge in [-0.1, -0.05) is 43.3 Å². The Kier molecular flexibility index (Phi) is 6.45. The maximum atomic E-state index is 14.3. The van der Waals surface area contributed by atoms with Crippen molar-refractivity contribution in [1.29, 1.82) is 0 Å². The van der Waals surface area contributed by atoms with Gasteiger partial charge in [0, 0.05) is 5.56 Å². The summed E-state index contributed by atoms with van der Waals surface area (Å²) in [6, 6.07) is 18.7. The summed E-state index contributed by atoms with van der Waals surface area (Å²) in [6.45, 7) is 1.86. The number of hydrogen-bond acceptors (Lipinski definition) is 4. The van der Waals surface area contributed by atoms with Gasteiger partial charge in [0.05, 0.1) is 20.1 Å². The lowest BCUT2D eigenvalue weighted by Gasteiger charge is -2.27.